The number of furan rings is 1. The van der Waals surface area contributed by atoms with Gasteiger partial charge in [-0.2, -0.15) is 0 Å². The summed E-state index contributed by atoms with van der Waals surface area (Å²) >= 11 is 0. The van der Waals surface area contributed by atoms with Gasteiger partial charge in [-0.1, -0.05) is 0 Å². The summed E-state index contributed by atoms with van der Waals surface area (Å²) in [5.41, 5.74) is 0. The molecule has 1 aromatic rings. The summed E-state index contributed by atoms with van der Waals surface area (Å²) < 4.78 is 5.44. The average Bonchev–Trinajstić information content (AvgIpc) is 3.22. The van der Waals surface area contributed by atoms with E-state index in [1.165, 1.54) is 64.8 Å². The molecule has 0 unspecified atom stereocenters. The fourth-order valence-electron chi connectivity index (χ4n) is 4.25. The molecule has 116 valence electrons. The van der Waals surface area contributed by atoms with Crippen molar-refractivity contribution in [2.75, 3.05) is 32.7 Å². The molecule has 4 heterocycles. The Labute approximate surface area is 128 Å². The predicted octanol–water partition coefficient (Wildman–Crippen LogP) is 3.02. The fourth-order valence-corrected chi connectivity index (χ4v) is 4.25. The predicted molar refractivity (Wildman–Crippen MR) is 84.3 cm³/mol. The van der Waals surface area contributed by atoms with Crippen molar-refractivity contribution in [3.63, 3.8) is 0 Å². The molecule has 0 radical (unpaired) electrons. The number of hydrogen-bond donors (Lipinski definition) is 0. The molecule has 2 atom stereocenters. The highest BCUT2D eigenvalue weighted by atomic mass is 16.3. The van der Waals surface area contributed by atoms with Crippen molar-refractivity contribution in [1.29, 1.82) is 0 Å². The summed E-state index contributed by atoms with van der Waals surface area (Å²) in [7, 11) is 0. The Bertz CT molecular complexity index is 440. The van der Waals surface area contributed by atoms with E-state index < -0.39 is 0 Å². The summed E-state index contributed by atoms with van der Waals surface area (Å²) in [5, 5.41) is 0. The molecule has 5 rings (SSSR count). The van der Waals surface area contributed by atoms with Crippen molar-refractivity contribution in [2.45, 2.75) is 44.6 Å². The van der Waals surface area contributed by atoms with Crippen LogP contribution in [0.3, 0.4) is 0 Å². The minimum absolute atomic E-state index is 0.841. The minimum atomic E-state index is 0.841. The third-order valence-corrected chi connectivity index (χ3v) is 5.57. The van der Waals surface area contributed by atoms with Gasteiger partial charge >= 0.3 is 0 Å². The topological polar surface area (TPSA) is 19.6 Å². The Morgan fingerprint density at radius 3 is 2.86 bits per heavy atom. The Balaban J connectivity index is 1.28. The monoisotopic (exact) mass is 288 g/mol. The van der Waals surface area contributed by atoms with Crippen LogP contribution < -0.4 is 0 Å². The highest BCUT2D eigenvalue weighted by molar-refractivity contribution is 4.98. The van der Waals surface area contributed by atoms with Crippen molar-refractivity contribution in [2.24, 2.45) is 11.8 Å². The lowest BCUT2D eigenvalue weighted by molar-refractivity contribution is 0.125. The largest absolute Gasteiger partial charge is 0.469 e. The maximum absolute atomic E-state index is 5.44. The summed E-state index contributed by atoms with van der Waals surface area (Å²) in [6.45, 7) is 6.64. The first-order chi connectivity index (χ1) is 10.4. The number of piperidine rings is 1. The molecule has 0 amide bonds. The zero-order valence-corrected chi connectivity index (χ0v) is 13.0. The number of aryl methyl sites for hydroxylation is 1. The van der Waals surface area contributed by atoms with Crippen LogP contribution in [0, 0.1) is 11.8 Å². The zero-order valence-electron chi connectivity index (χ0n) is 13.0. The van der Waals surface area contributed by atoms with Crippen molar-refractivity contribution in [1.82, 2.24) is 9.80 Å². The molecule has 3 aliphatic heterocycles. The molecule has 21 heavy (non-hydrogen) atoms. The molecule has 4 fully saturated rings. The molecule has 0 aromatic carbocycles. The van der Waals surface area contributed by atoms with E-state index in [-0.39, 0.29) is 0 Å². The fraction of sp³-hybridized carbons (Fsp3) is 0.778. The Morgan fingerprint density at radius 1 is 1.10 bits per heavy atom. The second-order valence-electron chi connectivity index (χ2n) is 7.44. The molecule has 4 aliphatic rings. The van der Waals surface area contributed by atoms with Crippen LogP contribution >= 0.6 is 0 Å². The molecule has 1 saturated carbocycles. The van der Waals surface area contributed by atoms with E-state index in [9.17, 15) is 0 Å². The standard InChI is InChI=1S/C18H28N2O/c1(3-18-4-2-10-21-18)9-19-11-16-7-8-17(14-19)20(13-16)12-15-5-6-15/h2,4,10,15-17H,1,3,5-9,11-14H2/t16-,17+/m1/s1. The zero-order chi connectivity index (χ0) is 14.1. The highest BCUT2D eigenvalue weighted by Crippen LogP contribution is 2.34. The molecule has 3 heteroatoms. The average molecular weight is 288 g/mol. The summed E-state index contributed by atoms with van der Waals surface area (Å²) in [6.07, 6.45) is 9.98. The SMILES string of the molecule is c1coc(CCCN2C[C@H]3CC[C@@H](C2)N(CC2CC2)C3)c1. The van der Waals surface area contributed by atoms with Crippen LogP contribution in [0.25, 0.3) is 0 Å². The van der Waals surface area contributed by atoms with Crippen LogP contribution in [0.2, 0.25) is 0 Å². The first-order valence-corrected chi connectivity index (χ1v) is 8.85. The molecule has 0 spiro atoms. The van der Waals surface area contributed by atoms with E-state index >= 15 is 0 Å². The van der Waals surface area contributed by atoms with Gasteiger partial charge in [-0.15, -0.1) is 0 Å². The van der Waals surface area contributed by atoms with E-state index in [2.05, 4.69) is 15.9 Å². The molecule has 1 aliphatic carbocycles. The van der Waals surface area contributed by atoms with Crippen LogP contribution in [0.5, 0.6) is 0 Å². The first kappa shape index (κ1) is 13.8. The lowest BCUT2D eigenvalue weighted by atomic mass is 9.95. The first-order valence-electron chi connectivity index (χ1n) is 8.85. The van der Waals surface area contributed by atoms with Gasteiger partial charge in [0.25, 0.3) is 0 Å². The van der Waals surface area contributed by atoms with Gasteiger partial charge in [0.05, 0.1) is 6.26 Å². The van der Waals surface area contributed by atoms with E-state index in [0.29, 0.717) is 0 Å². The molecule has 0 N–H and O–H groups in total. The van der Waals surface area contributed by atoms with E-state index in [4.69, 9.17) is 4.42 Å². The smallest absolute Gasteiger partial charge is 0.103 e. The second-order valence-corrected chi connectivity index (χ2v) is 7.44. The molecule has 1 aromatic heterocycles. The summed E-state index contributed by atoms with van der Waals surface area (Å²) in [5.74, 6) is 3.10. The van der Waals surface area contributed by atoms with Crippen LogP contribution in [-0.4, -0.2) is 48.6 Å². The number of nitrogens with zero attached hydrogens (tertiary/aromatic N) is 2. The van der Waals surface area contributed by atoms with Crippen molar-refractivity contribution in [3.05, 3.63) is 24.2 Å². The van der Waals surface area contributed by atoms with Crippen molar-refractivity contribution >= 4 is 0 Å². The number of hydrogen-bond acceptors (Lipinski definition) is 3. The van der Waals surface area contributed by atoms with Gasteiger partial charge in [-0.05, 0) is 62.6 Å². The van der Waals surface area contributed by atoms with Gasteiger partial charge < -0.3 is 9.32 Å². The van der Waals surface area contributed by atoms with Gasteiger partial charge in [0.1, 0.15) is 5.76 Å². The lowest BCUT2D eigenvalue weighted by Gasteiger charge is -2.36. The second kappa shape index (κ2) is 6.13. The minimum Gasteiger partial charge on any atom is -0.469 e. The normalized spacial score (nSPS) is 30.7. The van der Waals surface area contributed by atoms with Gasteiger partial charge in [0.2, 0.25) is 0 Å². The van der Waals surface area contributed by atoms with Crippen molar-refractivity contribution < 1.29 is 4.42 Å². The van der Waals surface area contributed by atoms with E-state index in [1.807, 2.05) is 6.07 Å². The molecule has 2 bridgehead atoms. The Kier molecular flexibility index (Phi) is 4.04. The van der Waals surface area contributed by atoms with Crippen LogP contribution in [0.1, 0.15) is 37.9 Å². The quantitative estimate of drug-likeness (QED) is 0.802. The lowest BCUT2D eigenvalue weighted by Crippen LogP contribution is -2.44. The van der Waals surface area contributed by atoms with Crippen LogP contribution in [0.4, 0.5) is 0 Å². The Hall–Kier alpha value is -0.800. The maximum Gasteiger partial charge on any atom is 0.103 e. The number of fused-ring (bicyclic) bond motifs is 4. The molecular formula is C18H28N2O. The van der Waals surface area contributed by atoms with E-state index in [1.54, 1.807) is 6.26 Å². The third kappa shape index (κ3) is 3.51. The highest BCUT2D eigenvalue weighted by Gasteiger charge is 2.36. The van der Waals surface area contributed by atoms with Crippen LogP contribution in [-0.2, 0) is 6.42 Å². The number of rotatable bonds is 6. The summed E-state index contributed by atoms with van der Waals surface area (Å²) in [6, 6.07) is 4.94. The summed E-state index contributed by atoms with van der Waals surface area (Å²) in [4.78, 5) is 5.57. The third-order valence-electron chi connectivity index (χ3n) is 5.57. The van der Waals surface area contributed by atoms with Gasteiger partial charge in [-0.3, -0.25) is 4.90 Å². The molecular weight excluding hydrogens is 260 g/mol. The molecule has 3 saturated heterocycles. The van der Waals surface area contributed by atoms with Gasteiger partial charge in [0.15, 0.2) is 0 Å². The Morgan fingerprint density at radius 2 is 2.05 bits per heavy atom. The maximum atomic E-state index is 5.44. The van der Waals surface area contributed by atoms with E-state index in [0.717, 1.165) is 30.1 Å². The molecule has 3 nitrogen and oxygen atoms in total. The van der Waals surface area contributed by atoms with Crippen molar-refractivity contribution in [3.8, 4) is 0 Å². The van der Waals surface area contributed by atoms with Gasteiger partial charge in [0, 0.05) is 38.6 Å². The van der Waals surface area contributed by atoms with Crippen LogP contribution in [0.15, 0.2) is 22.8 Å². The van der Waals surface area contributed by atoms with Gasteiger partial charge in [-0.25, -0.2) is 0 Å².